The summed E-state index contributed by atoms with van der Waals surface area (Å²) in [4.78, 5) is 28.2. The number of rotatable bonds is 3. The van der Waals surface area contributed by atoms with E-state index in [0.29, 0.717) is 34.9 Å². The number of nitrogens with one attached hydrogen (secondary N) is 1. The quantitative estimate of drug-likeness (QED) is 0.583. The van der Waals surface area contributed by atoms with E-state index in [2.05, 4.69) is 37.4 Å². The van der Waals surface area contributed by atoms with Gasteiger partial charge in [-0.15, -0.1) is 0 Å². The number of benzene rings is 1. The van der Waals surface area contributed by atoms with Crippen molar-refractivity contribution in [2.45, 2.75) is 26.1 Å². The van der Waals surface area contributed by atoms with E-state index in [1.54, 1.807) is 35.4 Å². The summed E-state index contributed by atoms with van der Waals surface area (Å²) < 4.78 is 1.64. The Hall–Kier alpha value is -3.81. The molecule has 0 aliphatic carbocycles. The lowest BCUT2D eigenvalue weighted by atomic mass is 10.0. The van der Waals surface area contributed by atoms with Gasteiger partial charge in [0.15, 0.2) is 11.5 Å². The lowest BCUT2D eigenvalue weighted by Crippen LogP contribution is -2.60. The van der Waals surface area contributed by atoms with Crippen molar-refractivity contribution in [1.29, 1.82) is 0 Å². The molecule has 1 amide bonds. The van der Waals surface area contributed by atoms with Crippen LogP contribution in [0, 0.1) is 0 Å². The molecule has 5 rings (SSSR count). The minimum absolute atomic E-state index is 0.140. The largest absolute Gasteiger partial charge is 0.330 e. The van der Waals surface area contributed by atoms with Crippen molar-refractivity contribution in [3.8, 4) is 5.82 Å². The molecular weight excluding hydrogens is 366 g/mol. The second-order valence-electron chi connectivity index (χ2n) is 7.45. The number of carbonyl (C=O) groups is 1. The van der Waals surface area contributed by atoms with E-state index in [9.17, 15) is 4.79 Å². The number of fused-ring (bicyclic) bond motifs is 2. The lowest BCUT2D eigenvalue weighted by Gasteiger charge is -2.44. The van der Waals surface area contributed by atoms with Crippen LogP contribution < -0.4 is 10.2 Å². The summed E-state index contributed by atoms with van der Waals surface area (Å²) in [6.07, 6.45) is 4.90. The monoisotopic (exact) mass is 385 g/mol. The molecule has 8 heteroatoms. The highest BCUT2D eigenvalue weighted by Crippen LogP contribution is 2.32. The molecule has 4 aromatic rings. The third kappa shape index (κ3) is 2.89. The van der Waals surface area contributed by atoms with E-state index in [1.807, 2.05) is 32.0 Å². The normalized spacial score (nSPS) is 15.2. The van der Waals surface area contributed by atoms with E-state index in [-0.39, 0.29) is 5.91 Å². The fraction of sp³-hybridized carbons (Fsp3) is 0.190. The van der Waals surface area contributed by atoms with Crippen LogP contribution in [0.3, 0.4) is 0 Å². The summed E-state index contributed by atoms with van der Waals surface area (Å²) in [6.45, 7) is 4.55. The van der Waals surface area contributed by atoms with Crippen molar-refractivity contribution >= 4 is 22.9 Å². The van der Waals surface area contributed by atoms with Gasteiger partial charge in [-0.25, -0.2) is 15.0 Å². The van der Waals surface area contributed by atoms with Gasteiger partial charge < -0.3 is 10.2 Å². The van der Waals surface area contributed by atoms with Crippen molar-refractivity contribution in [3.63, 3.8) is 0 Å². The van der Waals surface area contributed by atoms with Gasteiger partial charge in [0.25, 0.3) is 5.91 Å². The highest BCUT2D eigenvalue weighted by molar-refractivity contribution is 6.01. The van der Waals surface area contributed by atoms with Gasteiger partial charge in [-0.2, -0.15) is 9.78 Å². The highest BCUT2D eigenvalue weighted by Gasteiger charge is 2.38. The standard InChI is InChI=1S/C21H19N7O/c1-21(2)26-20(29)15-8-9-17(28-19-16(12-24-28)22-10-11-23-19)25-18(15)27(21)13-14-6-4-3-5-7-14/h3-12H,13H2,1-2H3,(H,26,29). The zero-order chi connectivity index (χ0) is 20.0. The van der Waals surface area contributed by atoms with Crippen LogP contribution in [0.15, 0.2) is 61.1 Å². The number of carbonyl (C=O) groups excluding carboxylic acids is 1. The summed E-state index contributed by atoms with van der Waals surface area (Å²) in [7, 11) is 0. The zero-order valence-electron chi connectivity index (χ0n) is 16.1. The number of aromatic nitrogens is 5. The minimum atomic E-state index is -0.600. The molecule has 3 aromatic heterocycles. The molecule has 0 unspecified atom stereocenters. The van der Waals surface area contributed by atoms with Gasteiger partial charge >= 0.3 is 0 Å². The third-order valence-corrected chi connectivity index (χ3v) is 5.06. The van der Waals surface area contributed by atoms with E-state index < -0.39 is 5.66 Å². The van der Waals surface area contributed by atoms with Crippen molar-refractivity contribution in [3.05, 3.63) is 72.2 Å². The molecule has 4 heterocycles. The SMILES string of the molecule is CC1(C)NC(=O)c2ccc(-n3ncc4nccnc43)nc2N1Cc1ccccc1. The number of pyridine rings is 1. The second kappa shape index (κ2) is 6.37. The van der Waals surface area contributed by atoms with Gasteiger partial charge in [-0.1, -0.05) is 30.3 Å². The molecule has 0 atom stereocenters. The fourth-order valence-corrected chi connectivity index (χ4v) is 3.59. The Morgan fingerprint density at radius 2 is 1.83 bits per heavy atom. The van der Waals surface area contributed by atoms with Gasteiger partial charge in [0.05, 0.1) is 11.8 Å². The Kier molecular flexibility index (Phi) is 3.80. The first-order valence-electron chi connectivity index (χ1n) is 9.33. The van der Waals surface area contributed by atoms with Crippen LogP contribution in [-0.2, 0) is 6.54 Å². The number of hydrogen-bond donors (Lipinski definition) is 1. The van der Waals surface area contributed by atoms with E-state index in [4.69, 9.17) is 4.98 Å². The topological polar surface area (TPSA) is 88.8 Å². The number of amides is 1. The first-order chi connectivity index (χ1) is 14.0. The predicted octanol–water partition coefficient (Wildman–Crippen LogP) is 2.70. The maximum Gasteiger partial charge on any atom is 0.256 e. The van der Waals surface area contributed by atoms with Crippen LogP contribution in [0.5, 0.6) is 0 Å². The summed E-state index contributed by atoms with van der Waals surface area (Å²) in [6, 6.07) is 13.7. The molecule has 1 aromatic carbocycles. The smallest absolute Gasteiger partial charge is 0.256 e. The Labute approximate surface area is 167 Å². The maximum atomic E-state index is 12.7. The van der Waals surface area contributed by atoms with Gasteiger partial charge in [0, 0.05) is 18.9 Å². The molecular formula is C21H19N7O. The Morgan fingerprint density at radius 1 is 1.03 bits per heavy atom. The molecule has 1 N–H and O–H groups in total. The van der Waals surface area contributed by atoms with Crippen LogP contribution in [0.2, 0.25) is 0 Å². The second-order valence-corrected chi connectivity index (χ2v) is 7.45. The zero-order valence-corrected chi connectivity index (χ0v) is 16.1. The van der Waals surface area contributed by atoms with E-state index in [1.165, 1.54) is 0 Å². The minimum Gasteiger partial charge on any atom is -0.330 e. The summed E-state index contributed by atoms with van der Waals surface area (Å²) in [5.41, 5.74) is 2.37. The van der Waals surface area contributed by atoms with E-state index >= 15 is 0 Å². The van der Waals surface area contributed by atoms with Crippen LogP contribution >= 0.6 is 0 Å². The van der Waals surface area contributed by atoms with Crippen molar-refractivity contribution < 1.29 is 4.79 Å². The molecule has 144 valence electrons. The lowest BCUT2D eigenvalue weighted by molar-refractivity contribution is 0.0895. The number of anilines is 1. The highest BCUT2D eigenvalue weighted by atomic mass is 16.2. The molecule has 1 aliphatic heterocycles. The molecule has 0 saturated heterocycles. The van der Waals surface area contributed by atoms with E-state index in [0.717, 1.165) is 5.56 Å². The third-order valence-electron chi connectivity index (χ3n) is 5.06. The summed E-state index contributed by atoms with van der Waals surface area (Å²) in [5, 5.41) is 7.46. The first kappa shape index (κ1) is 17.3. The van der Waals surface area contributed by atoms with Crippen molar-refractivity contribution in [2.75, 3.05) is 4.90 Å². The van der Waals surface area contributed by atoms with Crippen molar-refractivity contribution in [2.24, 2.45) is 0 Å². The van der Waals surface area contributed by atoms with Crippen molar-refractivity contribution in [1.82, 2.24) is 30.0 Å². The Morgan fingerprint density at radius 3 is 2.66 bits per heavy atom. The average Bonchev–Trinajstić information content (AvgIpc) is 3.15. The fourth-order valence-electron chi connectivity index (χ4n) is 3.59. The summed E-state index contributed by atoms with van der Waals surface area (Å²) >= 11 is 0. The predicted molar refractivity (Wildman–Crippen MR) is 109 cm³/mol. The van der Waals surface area contributed by atoms with Crippen LogP contribution in [0.25, 0.3) is 17.0 Å². The Balaban J connectivity index is 1.65. The van der Waals surface area contributed by atoms with Gasteiger partial charge in [-0.3, -0.25) is 4.79 Å². The molecule has 1 aliphatic rings. The molecule has 0 spiro atoms. The summed E-state index contributed by atoms with van der Waals surface area (Å²) in [5.74, 6) is 1.06. The first-order valence-corrected chi connectivity index (χ1v) is 9.33. The number of hydrogen-bond acceptors (Lipinski definition) is 6. The van der Waals surface area contributed by atoms with Crippen LogP contribution in [0.4, 0.5) is 5.82 Å². The van der Waals surface area contributed by atoms with Crippen LogP contribution in [0.1, 0.15) is 29.8 Å². The molecule has 0 bridgehead atoms. The molecule has 0 saturated carbocycles. The average molecular weight is 385 g/mol. The van der Waals surface area contributed by atoms with Gasteiger partial charge in [-0.05, 0) is 31.5 Å². The van der Waals surface area contributed by atoms with Crippen LogP contribution in [-0.4, -0.2) is 36.3 Å². The number of nitrogens with zero attached hydrogens (tertiary/aromatic N) is 6. The van der Waals surface area contributed by atoms with Gasteiger partial charge in [0.2, 0.25) is 0 Å². The Bertz CT molecular complexity index is 1220. The maximum absolute atomic E-state index is 12.7. The molecule has 29 heavy (non-hydrogen) atoms. The molecule has 8 nitrogen and oxygen atoms in total. The van der Waals surface area contributed by atoms with Gasteiger partial charge in [0.1, 0.15) is 17.0 Å². The molecule has 0 fully saturated rings. The molecule has 0 radical (unpaired) electrons.